The summed E-state index contributed by atoms with van der Waals surface area (Å²) in [5, 5.41) is 11.4. The standard InChI is InChI=1S/C7H16N2O2/c1-8-4-3-5-9(2)6-7(10)11/h8H,3-6H2,1-2H3,(H,10,11). The zero-order chi connectivity index (χ0) is 8.69. The lowest BCUT2D eigenvalue weighted by molar-refractivity contribution is -0.137. The molecule has 0 saturated carbocycles. The zero-order valence-electron chi connectivity index (χ0n) is 7.13. The van der Waals surface area contributed by atoms with Crippen molar-refractivity contribution in [2.45, 2.75) is 6.42 Å². The topological polar surface area (TPSA) is 52.6 Å². The Hall–Kier alpha value is -0.610. The van der Waals surface area contributed by atoms with Crippen LogP contribution in [0, 0.1) is 0 Å². The number of hydrogen-bond donors (Lipinski definition) is 2. The first kappa shape index (κ1) is 10.4. The number of nitrogens with one attached hydrogen (secondary N) is 1. The Morgan fingerprint density at radius 2 is 2.27 bits per heavy atom. The monoisotopic (exact) mass is 160 g/mol. The minimum Gasteiger partial charge on any atom is -0.480 e. The second kappa shape index (κ2) is 6.12. The Balaban J connectivity index is 3.22. The third-order valence-electron chi connectivity index (χ3n) is 1.37. The fraction of sp³-hybridized carbons (Fsp3) is 0.857. The third-order valence-corrected chi connectivity index (χ3v) is 1.37. The van der Waals surface area contributed by atoms with E-state index in [9.17, 15) is 4.79 Å². The summed E-state index contributed by atoms with van der Waals surface area (Å²) in [6, 6.07) is 0. The highest BCUT2D eigenvalue weighted by Gasteiger charge is 2.01. The molecule has 0 rings (SSSR count). The Labute approximate surface area is 67.2 Å². The lowest BCUT2D eigenvalue weighted by Crippen LogP contribution is -2.28. The second-order valence-corrected chi connectivity index (χ2v) is 2.59. The van der Waals surface area contributed by atoms with Crippen molar-refractivity contribution in [3.63, 3.8) is 0 Å². The molecular weight excluding hydrogens is 144 g/mol. The van der Waals surface area contributed by atoms with E-state index in [0.717, 1.165) is 19.5 Å². The van der Waals surface area contributed by atoms with E-state index in [-0.39, 0.29) is 6.54 Å². The fourth-order valence-electron chi connectivity index (χ4n) is 0.836. The quantitative estimate of drug-likeness (QED) is 0.520. The van der Waals surface area contributed by atoms with Crippen LogP contribution in [0.3, 0.4) is 0 Å². The van der Waals surface area contributed by atoms with E-state index in [1.807, 2.05) is 14.1 Å². The molecule has 4 heteroatoms. The van der Waals surface area contributed by atoms with E-state index in [0.29, 0.717) is 0 Å². The minimum atomic E-state index is -0.767. The summed E-state index contributed by atoms with van der Waals surface area (Å²) in [6.45, 7) is 1.89. The number of carboxylic acids is 1. The van der Waals surface area contributed by atoms with Crippen LogP contribution >= 0.6 is 0 Å². The molecule has 0 aromatic carbocycles. The number of nitrogens with zero attached hydrogens (tertiary/aromatic N) is 1. The van der Waals surface area contributed by atoms with Crippen LogP contribution < -0.4 is 5.32 Å². The van der Waals surface area contributed by atoms with Crippen LogP contribution in [0.15, 0.2) is 0 Å². The molecule has 0 amide bonds. The van der Waals surface area contributed by atoms with Gasteiger partial charge >= 0.3 is 5.97 Å². The Bertz CT molecular complexity index is 117. The van der Waals surface area contributed by atoms with Gasteiger partial charge in [0.1, 0.15) is 0 Å². The van der Waals surface area contributed by atoms with Gasteiger partial charge in [-0.25, -0.2) is 0 Å². The Kier molecular flexibility index (Phi) is 5.78. The van der Waals surface area contributed by atoms with Gasteiger partial charge in [0.15, 0.2) is 0 Å². The summed E-state index contributed by atoms with van der Waals surface area (Å²) >= 11 is 0. The van der Waals surface area contributed by atoms with Crippen molar-refractivity contribution < 1.29 is 9.90 Å². The molecule has 0 radical (unpaired) electrons. The van der Waals surface area contributed by atoms with Gasteiger partial charge in [-0.3, -0.25) is 9.69 Å². The van der Waals surface area contributed by atoms with Crippen molar-refractivity contribution in [3.8, 4) is 0 Å². The molecule has 11 heavy (non-hydrogen) atoms. The number of aliphatic carboxylic acids is 1. The molecule has 0 spiro atoms. The van der Waals surface area contributed by atoms with Crippen LogP contribution in [-0.4, -0.2) is 49.7 Å². The van der Waals surface area contributed by atoms with Crippen LogP contribution in [-0.2, 0) is 4.79 Å². The summed E-state index contributed by atoms with van der Waals surface area (Å²) in [5.41, 5.74) is 0. The summed E-state index contributed by atoms with van der Waals surface area (Å²) in [6.07, 6.45) is 0.986. The molecule has 0 unspecified atom stereocenters. The smallest absolute Gasteiger partial charge is 0.317 e. The highest BCUT2D eigenvalue weighted by atomic mass is 16.4. The number of carboxylic acid groups (broad SMARTS) is 1. The van der Waals surface area contributed by atoms with Crippen molar-refractivity contribution >= 4 is 5.97 Å². The van der Waals surface area contributed by atoms with E-state index < -0.39 is 5.97 Å². The number of rotatable bonds is 6. The molecule has 2 N–H and O–H groups in total. The van der Waals surface area contributed by atoms with Crippen molar-refractivity contribution in [3.05, 3.63) is 0 Å². The lowest BCUT2D eigenvalue weighted by atomic mass is 10.4. The van der Waals surface area contributed by atoms with Crippen molar-refractivity contribution in [1.82, 2.24) is 10.2 Å². The number of likely N-dealkylation sites (N-methyl/N-ethyl adjacent to an activating group) is 1. The molecule has 4 nitrogen and oxygen atoms in total. The predicted molar refractivity (Wildman–Crippen MR) is 43.7 cm³/mol. The molecule has 0 aromatic rings. The summed E-state index contributed by atoms with van der Waals surface area (Å²) < 4.78 is 0. The van der Waals surface area contributed by atoms with Gasteiger partial charge in [0.2, 0.25) is 0 Å². The molecule has 0 aliphatic carbocycles. The van der Waals surface area contributed by atoms with Gasteiger partial charge in [-0.2, -0.15) is 0 Å². The third kappa shape index (κ3) is 7.29. The molecule has 0 bridgehead atoms. The van der Waals surface area contributed by atoms with Gasteiger partial charge in [-0.05, 0) is 33.6 Å². The van der Waals surface area contributed by atoms with E-state index in [1.54, 1.807) is 4.90 Å². The fourth-order valence-corrected chi connectivity index (χ4v) is 0.836. The Morgan fingerprint density at radius 1 is 1.64 bits per heavy atom. The molecule has 0 aromatic heterocycles. The van der Waals surface area contributed by atoms with Gasteiger partial charge in [-0.15, -0.1) is 0 Å². The normalized spacial score (nSPS) is 10.5. The SMILES string of the molecule is CNCCCN(C)CC(=O)O. The maximum absolute atomic E-state index is 10.2. The van der Waals surface area contributed by atoms with E-state index >= 15 is 0 Å². The Morgan fingerprint density at radius 3 is 2.73 bits per heavy atom. The highest BCUT2D eigenvalue weighted by Crippen LogP contribution is 1.84. The van der Waals surface area contributed by atoms with Gasteiger partial charge in [0.25, 0.3) is 0 Å². The molecule has 0 fully saturated rings. The van der Waals surface area contributed by atoms with Gasteiger partial charge < -0.3 is 10.4 Å². The van der Waals surface area contributed by atoms with Gasteiger partial charge in [0.05, 0.1) is 6.54 Å². The first-order valence-corrected chi connectivity index (χ1v) is 3.71. The van der Waals surface area contributed by atoms with Crippen LogP contribution in [0.5, 0.6) is 0 Å². The molecule has 0 atom stereocenters. The van der Waals surface area contributed by atoms with E-state index in [2.05, 4.69) is 5.32 Å². The second-order valence-electron chi connectivity index (χ2n) is 2.59. The maximum atomic E-state index is 10.2. The number of hydrogen-bond acceptors (Lipinski definition) is 3. The van der Waals surface area contributed by atoms with E-state index in [1.165, 1.54) is 0 Å². The van der Waals surface area contributed by atoms with Crippen molar-refractivity contribution in [1.29, 1.82) is 0 Å². The van der Waals surface area contributed by atoms with Crippen LogP contribution in [0.4, 0.5) is 0 Å². The van der Waals surface area contributed by atoms with Crippen molar-refractivity contribution in [2.75, 3.05) is 33.7 Å². The molecule has 0 heterocycles. The minimum absolute atomic E-state index is 0.129. The maximum Gasteiger partial charge on any atom is 0.317 e. The largest absolute Gasteiger partial charge is 0.480 e. The zero-order valence-corrected chi connectivity index (χ0v) is 7.13. The molecular formula is C7H16N2O2. The summed E-state index contributed by atoms with van der Waals surface area (Å²) in [4.78, 5) is 12.0. The molecule has 66 valence electrons. The van der Waals surface area contributed by atoms with E-state index in [4.69, 9.17) is 5.11 Å². The first-order valence-electron chi connectivity index (χ1n) is 3.71. The number of carbonyl (C=O) groups is 1. The predicted octanol–water partition coefficient (Wildman–Crippen LogP) is -0.388. The average molecular weight is 160 g/mol. The molecule has 0 saturated heterocycles. The van der Waals surface area contributed by atoms with Crippen molar-refractivity contribution in [2.24, 2.45) is 0 Å². The molecule has 0 aliphatic rings. The average Bonchev–Trinajstić information content (AvgIpc) is 1.86. The lowest BCUT2D eigenvalue weighted by Gasteiger charge is -2.12. The van der Waals surface area contributed by atoms with Gasteiger partial charge in [0, 0.05) is 0 Å². The van der Waals surface area contributed by atoms with Crippen LogP contribution in [0.25, 0.3) is 0 Å². The highest BCUT2D eigenvalue weighted by molar-refractivity contribution is 5.68. The first-order chi connectivity index (χ1) is 5.16. The molecule has 0 aliphatic heterocycles. The van der Waals surface area contributed by atoms with Crippen LogP contribution in [0.1, 0.15) is 6.42 Å². The summed E-state index contributed by atoms with van der Waals surface area (Å²) in [7, 11) is 3.70. The summed E-state index contributed by atoms with van der Waals surface area (Å²) in [5.74, 6) is -0.767. The van der Waals surface area contributed by atoms with Crippen LogP contribution in [0.2, 0.25) is 0 Å². The van der Waals surface area contributed by atoms with Gasteiger partial charge in [-0.1, -0.05) is 0 Å².